The highest BCUT2D eigenvalue weighted by atomic mass is 16.5. The lowest BCUT2D eigenvalue weighted by molar-refractivity contribution is 0.0724. The van der Waals surface area contributed by atoms with Gasteiger partial charge in [-0.2, -0.15) is 5.10 Å². The Morgan fingerprint density at radius 3 is 3.29 bits per heavy atom. The van der Waals surface area contributed by atoms with E-state index in [4.69, 9.17) is 4.74 Å². The van der Waals surface area contributed by atoms with Crippen molar-refractivity contribution in [3.63, 3.8) is 0 Å². The second-order valence-corrected chi connectivity index (χ2v) is 4.02. The van der Waals surface area contributed by atoms with Gasteiger partial charge in [-0.25, -0.2) is 9.50 Å². The lowest BCUT2D eigenvalue weighted by atomic mass is 10.2. The molecule has 1 saturated heterocycles. The molecule has 1 aliphatic rings. The zero-order valence-electron chi connectivity index (χ0n) is 9.36. The Balaban J connectivity index is 2.04. The summed E-state index contributed by atoms with van der Waals surface area (Å²) in [5, 5.41) is 13.6. The molecule has 6 nitrogen and oxygen atoms in total. The molecule has 1 atom stereocenters. The molecule has 90 valence electrons. The number of hydrogen-bond donors (Lipinski definition) is 1. The van der Waals surface area contributed by atoms with E-state index in [-0.39, 0.29) is 12.6 Å². The van der Waals surface area contributed by atoms with Crippen LogP contribution in [0.4, 0.5) is 5.82 Å². The van der Waals surface area contributed by atoms with Gasteiger partial charge >= 0.3 is 0 Å². The van der Waals surface area contributed by atoms with E-state index in [1.807, 2.05) is 12.3 Å². The Bertz CT molecular complexity index is 513. The molecule has 1 fully saturated rings. The number of aromatic nitrogens is 3. The summed E-state index contributed by atoms with van der Waals surface area (Å²) < 4.78 is 7.15. The van der Waals surface area contributed by atoms with Gasteiger partial charge in [0.2, 0.25) is 0 Å². The first-order valence-corrected chi connectivity index (χ1v) is 5.64. The number of anilines is 1. The quantitative estimate of drug-likeness (QED) is 0.788. The van der Waals surface area contributed by atoms with Crippen molar-refractivity contribution in [1.29, 1.82) is 0 Å². The van der Waals surface area contributed by atoms with Crippen molar-refractivity contribution in [3.05, 3.63) is 24.7 Å². The van der Waals surface area contributed by atoms with Crippen LogP contribution in [0.25, 0.3) is 5.52 Å². The van der Waals surface area contributed by atoms with Crippen molar-refractivity contribution >= 4 is 11.3 Å². The Labute approximate surface area is 98.4 Å². The van der Waals surface area contributed by atoms with Crippen LogP contribution in [0.15, 0.2) is 24.7 Å². The van der Waals surface area contributed by atoms with E-state index in [0.717, 1.165) is 17.9 Å². The van der Waals surface area contributed by atoms with Crippen LogP contribution in [0.5, 0.6) is 0 Å². The molecule has 17 heavy (non-hydrogen) atoms. The molecule has 2 aromatic heterocycles. The fraction of sp³-hybridized carbons (Fsp3) is 0.455. The van der Waals surface area contributed by atoms with E-state index in [0.29, 0.717) is 13.2 Å². The lowest BCUT2D eigenvalue weighted by Crippen LogP contribution is -2.48. The molecule has 0 radical (unpaired) electrons. The van der Waals surface area contributed by atoms with Crippen molar-refractivity contribution < 1.29 is 9.84 Å². The van der Waals surface area contributed by atoms with Crippen molar-refractivity contribution in [2.45, 2.75) is 6.04 Å². The van der Waals surface area contributed by atoms with Gasteiger partial charge in [0.1, 0.15) is 5.52 Å². The summed E-state index contributed by atoms with van der Waals surface area (Å²) in [6.45, 7) is 2.00. The average Bonchev–Trinajstić information content (AvgIpc) is 2.86. The molecule has 0 amide bonds. The maximum atomic E-state index is 9.37. The minimum Gasteiger partial charge on any atom is -0.394 e. The molecule has 3 rings (SSSR count). The molecular weight excluding hydrogens is 220 g/mol. The number of rotatable bonds is 2. The highest BCUT2D eigenvalue weighted by Gasteiger charge is 2.25. The van der Waals surface area contributed by atoms with E-state index in [9.17, 15) is 5.11 Å². The maximum absolute atomic E-state index is 9.37. The summed E-state index contributed by atoms with van der Waals surface area (Å²) in [7, 11) is 0. The standard InChI is InChI=1S/C11H14N4O2/c16-7-9-8-17-6-5-14(9)11-10-1-2-13-15(10)4-3-12-11/h1-4,9,16H,5-8H2. The molecule has 1 unspecified atom stereocenters. The molecule has 0 spiro atoms. The van der Waals surface area contributed by atoms with Crippen molar-refractivity contribution in [1.82, 2.24) is 14.6 Å². The molecule has 1 N–H and O–H groups in total. The molecule has 0 aromatic carbocycles. The van der Waals surface area contributed by atoms with Crippen molar-refractivity contribution in [3.8, 4) is 0 Å². The largest absolute Gasteiger partial charge is 0.394 e. The highest BCUT2D eigenvalue weighted by molar-refractivity contribution is 5.68. The third-order valence-electron chi connectivity index (χ3n) is 3.01. The number of aliphatic hydroxyl groups excluding tert-OH is 1. The zero-order valence-corrected chi connectivity index (χ0v) is 9.36. The van der Waals surface area contributed by atoms with Crippen LogP contribution in [0.1, 0.15) is 0 Å². The summed E-state index contributed by atoms with van der Waals surface area (Å²) in [6, 6.07) is 1.89. The Morgan fingerprint density at radius 2 is 2.41 bits per heavy atom. The second-order valence-electron chi connectivity index (χ2n) is 4.02. The van der Waals surface area contributed by atoms with Crippen LogP contribution in [0.2, 0.25) is 0 Å². The molecule has 0 aliphatic carbocycles. The first-order valence-electron chi connectivity index (χ1n) is 5.64. The van der Waals surface area contributed by atoms with E-state index in [1.54, 1.807) is 16.9 Å². The minimum atomic E-state index is -0.0302. The van der Waals surface area contributed by atoms with Gasteiger partial charge in [0, 0.05) is 18.9 Å². The van der Waals surface area contributed by atoms with Gasteiger partial charge in [-0.15, -0.1) is 0 Å². The average molecular weight is 234 g/mol. The number of hydrogen-bond acceptors (Lipinski definition) is 5. The van der Waals surface area contributed by atoms with Crippen LogP contribution in [0.3, 0.4) is 0 Å². The van der Waals surface area contributed by atoms with Crippen LogP contribution < -0.4 is 4.90 Å². The number of morpholine rings is 1. The SMILES string of the molecule is OCC1COCCN1c1nccn2nccc12. The molecule has 0 saturated carbocycles. The number of ether oxygens (including phenoxy) is 1. The van der Waals surface area contributed by atoms with E-state index >= 15 is 0 Å². The van der Waals surface area contributed by atoms with Crippen LogP contribution in [-0.2, 0) is 4.74 Å². The molecule has 1 aliphatic heterocycles. The first kappa shape index (κ1) is 10.5. The van der Waals surface area contributed by atoms with Gasteiger partial charge in [0.05, 0.1) is 32.1 Å². The van der Waals surface area contributed by atoms with Crippen molar-refractivity contribution in [2.75, 3.05) is 31.3 Å². The van der Waals surface area contributed by atoms with Crippen LogP contribution in [-0.4, -0.2) is 52.1 Å². The molecule has 0 bridgehead atoms. The predicted octanol–water partition coefficient (Wildman–Crippen LogP) is -0.0732. The molecule has 3 heterocycles. The van der Waals surface area contributed by atoms with Gasteiger partial charge in [-0.1, -0.05) is 0 Å². The van der Waals surface area contributed by atoms with Gasteiger partial charge in [-0.3, -0.25) is 0 Å². The maximum Gasteiger partial charge on any atom is 0.155 e. The molecule has 2 aromatic rings. The fourth-order valence-corrected chi connectivity index (χ4v) is 2.15. The molecular formula is C11H14N4O2. The number of nitrogens with zero attached hydrogens (tertiary/aromatic N) is 4. The number of fused-ring (bicyclic) bond motifs is 1. The minimum absolute atomic E-state index is 0.0302. The Hall–Kier alpha value is -1.66. The topological polar surface area (TPSA) is 62.9 Å². The Morgan fingerprint density at radius 1 is 1.47 bits per heavy atom. The smallest absolute Gasteiger partial charge is 0.155 e. The van der Waals surface area contributed by atoms with Crippen molar-refractivity contribution in [2.24, 2.45) is 0 Å². The van der Waals surface area contributed by atoms with Gasteiger partial charge in [-0.05, 0) is 6.07 Å². The summed E-state index contributed by atoms with van der Waals surface area (Å²) >= 11 is 0. The third-order valence-corrected chi connectivity index (χ3v) is 3.01. The van der Waals surface area contributed by atoms with Gasteiger partial charge < -0.3 is 14.7 Å². The summed E-state index contributed by atoms with van der Waals surface area (Å²) in [5.74, 6) is 0.854. The monoisotopic (exact) mass is 234 g/mol. The second kappa shape index (κ2) is 4.31. The zero-order chi connectivity index (χ0) is 11.7. The van der Waals surface area contributed by atoms with Gasteiger partial charge in [0.15, 0.2) is 5.82 Å². The lowest BCUT2D eigenvalue weighted by Gasteiger charge is -2.35. The first-order chi connectivity index (χ1) is 8.40. The Kier molecular flexibility index (Phi) is 2.66. The van der Waals surface area contributed by atoms with Crippen LogP contribution in [0, 0.1) is 0 Å². The fourth-order valence-electron chi connectivity index (χ4n) is 2.15. The summed E-state index contributed by atoms with van der Waals surface area (Å²) in [5.41, 5.74) is 0.952. The normalized spacial score (nSPS) is 21.0. The van der Waals surface area contributed by atoms with Gasteiger partial charge in [0.25, 0.3) is 0 Å². The van der Waals surface area contributed by atoms with E-state index < -0.39 is 0 Å². The third kappa shape index (κ3) is 1.75. The number of aliphatic hydroxyl groups is 1. The van der Waals surface area contributed by atoms with Crippen LogP contribution >= 0.6 is 0 Å². The molecule has 6 heteroatoms. The van der Waals surface area contributed by atoms with E-state index in [2.05, 4.69) is 15.0 Å². The predicted molar refractivity (Wildman–Crippen MR) is 62.0 cm³/mol. The highest BCUT2D eigenvalue weighted by Crippen LogP contribution is 2.21. The summed E-state index contributed by atoms with van der Waals surface area (Å²) in [4.78, 5) is 6.48. The summed E-state index contributed by atoms with van der Waals surface area (Å²) in [6.07, 6.45) is 5.28. The van der Waals surface area contributed by atoms with E-state index in [1.165, 1.54) is 0 Å².